The van der Waals surface area contributed by atoms with Gasteiger partial charge in [0.2, 0.25) is 4.77 Å². The Morgan fingerprint density at radius 2 is 1.96 bits per heavy atom. The Morgan fingerprint density at radius 3 is 2.70 bits per heavy atom. The van der Waals surface area contributed by atoms with E-state index in [2.05, 4.69) is 57.1 Å². The fraction of sp³-hybridized carbons (Fsp3) is 0.429. The van der Waals surface area contributed by atoms with Gasteiger partial charge in [0.05, 0.1) is 18.0 Å². The van der Waals surface area contributed by atoms with E-state index in [0.717, 1.165) is 18.0 Å². The number of aromatic nitrogens is 3. The third-order valence-corrected chi connectivity index (χ3v) is 7.22. The van der Waals surface area contributed by atoms with Crippen LogP contribution in [0.3, 0.4) is 0 Å². The molecule has 0 radical (unpaired) electrons. The Balaban J connectivity index is 1.43. The van der Waals surface area contributed by atoms with Crippen molar-refractivity contribution in [3.8, 4) is 0 Å². The van der Waals surface area contributed by atoms with Crippen LogP contribution in [0, 0.1) is 4.77 Å². The van der Waals surface area contributed by atoms with Gasteiger partial charge in [-0.3, -0.25) is 4.57 Å². The standard InChI is InChI=1S/C21H24N4S2/c26-21-24(14-16-6-2-1-3-7-16)20(17-10-11-17)22-25(21)15-23-12-4-8-18(23)19-9-5-13-27-19/h1-3,5-7,9,13,17-18H,4,8,10-12,14-15H2/p+1/t18-/m0/s1. The van der Waals surface area contributed by atoms with E-state index in [4.69, 9.17) is 17.3 Å². The van der Waals surface area contributed by atoms with Gasteiger partial charge in [-0.25, -0.2) is 0 Å². The van der Waals surface area contributed by atoms with Crippen molar-refractivity contribution in [1.29, 1.82) is 0 Å². The summed E-state index contributed by atoms with van der Waals surface area (Å²) < 4.78 is 5.26. The molecule has 0 amide bonds. The van der Waals surface area contributed by atoms with Gasteiger partial charge < -0.3 is 4.90 Å². The zero-order valence-electron chi connectivity index (χ0n) is 15.4. The maximum atomic E-state index is 5.88. The molecule has 6 heteroatoms. The average molecular weight is 398 g/mol. The van der Waals surface area contributed by atoms with Crippen molar-refractivity contribution in [3.63, 3.8) is 0 Å². The number of quaternary nitrogens is 1. The molecule has 1 aliphatic heterocycles. The SMILES string of the molecule is S=c1n(C[NH+]2CCC[C@H]2c2cccs2)nc(C2CC2)n1Cc1ccccc1. The number of hydrogen-bond donors (Lipinski definition) is 1. The summed E-state index contributed by atoms with van der Waals surface area (Å²) in [5.41, 5.74) is 1.29. The molecule has 2 atom stereocenters. The third kappa shape index (κ3) is 3.53. The molecule has 1 aromatic carbocycles. The van der Waals surface area contributed by atoms with Crippen LogP contribution < -0.4 is 4.90 Å². The lowest BCUT2D eigenvalue weighted by molar-refractivity contribution is -0.941. The van der Waals surface area contributed by atoms with Crippen molar-refractivity contribution in [1.82, 2.24) is 14.3 Å². The van der Waals surface area contributed by atoms with Crippen LogP contribution >= 0.6 is 23.6 Å². The molecule has 1 unspecified atom stereocenters. The van der Waals surface area contributed by atoms with E-state index >= 15 is 0 Å². The molecule has 2 aliphatic rings. The average Bonchev–Trinajstić information content (AvgIpc) is 3.07. The Bertz CT molecular complexity index is 954. The van der Waals surface area contributed by atoms with Crippen molar-refractivity contribution in [2.75, 3.05) is 6.54 Å². The smallest absolute Gasteiger partial charge is 0.203 e. The Labute approximate surface area is 169 Å². The zero-order chi connectivity index (χ0) is 18.2. The van der Waals surface area contributed by atoms with E-state index in [-0.39, 0.29) is 0 Å². The molecular weight excluding hydrogens is 372 g/mol. The number of rotatable bonds is 6. The molecule has 2 aromatic heterocycles. The van der Waals surface area contributed by atoms with Crippen LogP contribution in [0.15, 0.2) is 47.8 Å². The lowest BCUT2D eigenvalue weighted by Gasteiger charge is -2.20. The topological polar surface area (TPSA) is 27.2 Å². The first kappa shape index (κ1) is 17.3. The van der Waals surface area contributed by atoms with Crippen molar-refractivity contribution in [2.45, 2.75) is 50.9 Å². The largest absolute Gasteiger partial charge is 0.309 e. The summed E-state index contributed by atoms with van der Waals surface area (Å²) in [5, 5.41) is 7.20. The molecule has 1 N–H and O–H groups in total. The van der Waals surface area contributed by atoms with E-state index in [1.165, 1.54) is 48.5 Å². The van der Waals surface area contributed by atoms with E-state index in [0.29, 0.717) is 12.0 Å². The molecule has 1 saturated heterocycles. The van der Waals surface area contributed by atoms with Crippen LogP contribution in [0.2, 0.25) is 0 Å². The summed E-state index contributed by atoms with van der Waals surface area (Å²) in [5.74, 6) is 1.79. The molecule has 4 nitrogen and oxygen atoms in total. The van der Waals surface area contributed by atoms with Crippen LogP contribution in [0.5, 0.6) is 0 Å². The predicted molar refractivity (Wildman–Crippen MR) is 111 cm³/mol. The quantitative estimate of drug-likeness (QED) is 0.641. The summed E-state index contributed by atoms with van der Waals surface area (Å²) in [7, 11) is 0. The summed E-state index contributed by atoms with van der Waals surface area (Å²) in [4.78, 5) is 3.10. The highest BCUT2D eigenvalue weighted by Gasteiger charge is 2.34. The maximum Gasteiger partial charge on any atom is 0.203 e. The van der Waals surface area contributed by atoms with Gasteiger partial charge in [-0.05, 0) is 42.1 Å². The van der Waals surface area contributed by atoms with E-state index in [1.807, 2.05) is 11.3 Å². The van der Waals surface area contributed by atoms with Gasteiger partial charge in [-0.15, -0.1) is 11.3 Å². The van der Waals surface area contributed by atoms with Crippen molar-refractivity contribution >= 4 is 23.6 Å². The molecule has 1 saturated carbocycles. The summed E-state index contributed by atoms with van der Waals surface area (Å²) >= 11 is 7.77. The van der Waals surface area contributed by atoms with Crippen LogP contribution in [0.1, 0.15) is 53.9 Å². The molecule has 0 bridgehead atoms. The minimum Gasteiger partial charge on any atom is -0.309 e. The third-order valence-electron chi connectivity index (χ3n) is 5.80. The Hall–Kier alpha value is -1.76. The Kier molecular flexibility index (Phi) is 4.71. The first-order chi connectivity index (χ1) is 13.3. The van der Waals surface area contributed by atoms with Gasteiger partial charge in [0.1, 0.15) is 11.9 Å². The van der Waals surface area contributed by atoms with E-state index < -0.39 is 0 Å². The second-order valence-corrected chi connectivity index (χ2v) is 9.11. The first-order valence-electron chi connectivity index (χ1n) is 9.89. The van der Waals surface area contributed by atoms with Gasteiger partial charge in [-0.1, -0.05) is 36.4 Å². The van der Waals surface area contributed by atoms with Crippen LogP contribution in [-0.2, 0) is 13.2 Å². The van der Waals surface area contributed by atoms with Gasteiger partial charge in [0, 0.05) is 18.8 Å². The van der Waals surface area contributed by atoms with Crippen LogP contribution in [0.4, 0.5) is 0 Å². The summed E-state index contributed by atoms with van der Waals surface area (Å²) in [6.45, 7) is 2.91. The van der Waals surface area contributed by atoms with Crippen molar-refractivity contribution in [3.05, 3.63) is 68.9 Å². The minimum absolute atomic E-state index is 0.593. The number of hydrogen-bond acceptors (Lipinski definition) is 3. The molecule has 140 valence electrons. The van der Waals surface area contributed by atoms with Crippen LogP contribution in [0.25, 0.3) is 0 Å². The van der Waals surface area contributed by atoms with Crippen molar-refractivity contribution in [2.24, 2.45) is 0 Å². The fourth-order valence-electron chi connectivity index (χ4n) is 4.25. The van der Waals surface area contributed by atoms with Crippen LogP contribution in [-0.4, -0.2) is 20.9 Å². The Morgan fingerprint density at radius 1 is 1.11 bits per heavy atom. The molecule has 3 aromatic rings. The molecule has 3 heterocycles. The highest BCUT2D eigenvalue weighted by molar-refractivity contribution is 7.71. The molecule has 1 aliphatic carbocycles. The van der Waals surface area contributed by atoms with Gasteiger partial charge in [0.25, 0.3) is 0 Å². The minimum atomic E-state index is 0.593. The second-order valence-electron chi connectivity index (χ2n) is 7.76. The summed E-state index contributed by atoms with van der Waals surface area (Å²) in [6, 6.07) is 15.7. The molecule has 27 heavy (non-hydrogen) atoms. The van der Waals surface area contributed by atoms with E-state index in [1.54, 1.807) is 4.90 Å². The zero-order valence-corrected chi connectivity index (χ0v) is 17.0. The maximum absolute atomic E-state index is 5.88. The second kappa shape index (κ2) is 7.34. The lowest BCUT2D eigenvalue weighted by atomic mass is 10.2. The number of likely N-dealkylation sites (tertiary alicyclic amines) is 1. The number of nitrogens with one attached hydrogen (secondary N) is 1. The molecule has 5 rings (SSSR count). The lowest BCUT2D eigenvalue weighted by Crippen LogP contribution is -3.09. The fourth-order valence-corrected chi connectivity index (χ4v) is 5.43. The molecule has 2 fully saturated rings. The summed E-state index contributed by atoms with van der Waals surface area (Å²) in [6.07, 6.45) is 5.04. The van der Waals surface area contributed by atoms with Gasteiger partial charge >= 0.3 is 0 Å². The van der Waals surface area contributed by atoms with Crippen molar-refractivity contribution < 1.29 is 4.90 Å². The number of thiophene rings is 1. The highest BCUT2D eigenvalue weighted by atomic mass is 32.1. The predicted octanol–water partition coefficient (Wildman–Crippen LogP) is 3.78. The molecular formula is C21H25N4S2+. The van der Waals surface area contributed by atoms with Gasteiger partial charge in [0.15, 0.2) is 6.67 Å². The number of nitrogens with zero attached hydrogens (tertiary/aromatic N) is 3. The molecule has 0 spiro atoms. The monoisotopic (exact) mass is 397 g/mol. The van der Waals surface area contributed by atoms with E-state index in [9.17, 15) is 0 Å². The normalized spacial score (nSPS) is 22.4. The highest BCUT2D eigenvalue weighted by Crippen LogP contribution is 2.39. The number of benzene rings is 1. The van der Waals surface area contributed by atoms with Gasteiger partial charge in [-0.2, -0.15) is 9.78 Å². The first-order valence-corrected chi connectivity index (χ1v) is 11.2.